The van der Waals surface area contributed by atoms with E-state index in [1.807, 2.05) is 6.07 Å². The van der Waals surface area contributed by atoms with Crippen LogP contribution in [-0.4, -0.2) is 47.9 Å². The van der Waals surface area contributed by atoms with Crippen molar-refractivity contribution in [3.05, 3.63) is 46.0 Å². The number of piperidine rings is 1. The normalized spacial score (nSPS) is 21.8. The summed E-state index contributed by atoms with van der Waals surface area (Å²) in [5.74, 6) is 0.195. The first kappa shape index (κ1) is 16.8. The molecule has 0 aliphatic carbocycles. The fourth-order valence-corrected chi connectivity index (χ4v) is 3.73. The van der Waals surface area contributed by atoms with Crippen molar-refractivity contribution in [3.8, 4) is 0 Å². The van der Waals surface area contributed by atoms with Gasteiger partial charge in [0.1, 0.15) is 0 Å². The molecule has 0 unspecified atom stereocenters. The molecular weight excluding hydrogens is 331 g/mol. The van der Waals surface area contributed by atoms with Crippen molar-refractivity contribution in [2.75, 3.05) is 26.2 Å². The van der Waals surface area contributed by atoms with Crippen molar-refractivity contribution < 1.29 is 4.79 Å². The van der Waals surface area contributed by atoms with Gasteiger partial charge in [-0.05, 0) is 37.0 Å². The van der Waals surface area contributed by atoms with E-state index in [9.17, 15) is 4.79 Å². The fourth-order valence-electron chi connectivity index (χ4n) is 3.41. The highest BCUT2D eigenvalue weighted by molar-refractivity contribution is 6.42. The quantitative estimate of drug-likeness (QED) is 0.769. The van der Waals surface area contributed by atoms with Gasteiger partial charge in [-0.25, -0.2) is 0 Å². The number of hydrogen-bond acceptors (Lipinski definition) is 2. The summed E-state index contributed by atoms with van der Waals surface area (Å²) < 4.78 is 0. The lowest BCUT2D eigenvalue weighted by Crippen LogP contribution is -2.49. The lowest BCUT2D eigenvalue weighted by atomic mass is 10.00. The third-order valence-corrected chi connectivity index (χ3v) is 5.39. The third kappa shape index (κ3) is 4.28. The van der Waals surface area contributed by atoms with Gasteiger partial charge >= 0.3 is 0 Å². The molecule has 0 N–H and O–H groups in total. The number of benzene rings is 1. The van der Waals surface area contributed by atoms with Crippen LogP contribution in [0.15, 0.2) is 30.4 Å². The second-order valence-corrected chi connectivity index (χ2v) is 7.17. The third-order valence-electron chi connectivity index (χ3n) is 4.65. The molecular formula is C18H22Cl2N2O. The Bertz CT molecular complexity index is 595. The van der Waals surface area contributed by atoms with Gasteiger partial charge in [0.15, 0.2) is 0 Å². The molecule has 1 atom stereocenters. The second-order valence-electron chi connectivity index (χ2n) is 6.35. The first-order chi connectivity index (χ1) is 11.1. The van der Waals surface area contributed by atoms with Gasteiger partial charge in [0.25, 0.3) is 0 Å². The van der Waals surface area contributed by atoms with E-state index in [4.69, 9.17) is 23.2 Å². The zero-order chi connectivity index (χ0) is 16.2. The molecule has 2 aliphatic heterocycles. The minimum absolute atomic E-state index is 0.195. The van der Waals surface area contributed by atoms with Gasteiger partial charge in [0.2, 0.25) is 5.91 Å². The Kier molecular flexibility index (Phi) is 5.62. The minimum atomic E-state index is 0.195. The van der Waals surface area contributed by atoms with Crippen molar-refractivity contribution >= 4 is 29.1 Å². The van der Waals surface area contributed by atoms with E-state index >= 15 is 0 Å². The molecule has 1 aromatic carbocycles. The maximum atomic E-state index is 12.8. The number of nitrogens with zero attached hydrogens (tertiary/aromatic N) is 2. The van der Waals surface area contributed by atoms with Crippen LogP contribution in [0.4, 0.5) is 0 Å². The van der Waals surface area contributed by atoms with E-state index in [1.54, 1.807) is 12.1 Å². The number of likely N-dealkylation sites (tertiary alicyclic amines) is 1. The first-order valence-electron chi connectivity index (χ1n) is 8.24. The van der Waals surface area contributed by atoms with Gasteiger partial charge in [0, 0.05) is 32.2 Å². The largest absolute Gasteiger partial charge is 0.338 e. The molecule has 124 valence electrons. The molecule has 1 aromatic rings. The van der Waals surface area contributed by atoms with Crippen LogP contribution in [0.25, 0.3) is 0 Å². The molecule has 0 aromatic heterocycles. The minimum Gasteiger partial charge on any atom is -0.338 e. The predicted molar refractivity (Wildman–Crippen MR) is 95.1 cm³/mol. The van der Waals surface area contributed by atoms with Crippen LogP contribution in [0, 0.1) is 0 Å². The molecule has 2 heterocycles. The molecule has 2 aliphatic rings. The summed E-state index contributed by atoms with van der Waals surface area (Å²) in [5, 5.41) is 1.04. The van der Waals surface area contributed by atoms with Gasteiger partial charge in [0.05, 0.1) is 16.5 Å². The number of amides is 1. The van der Waals surface area contributed by atoms with Crippen molar-refractivity contribution in [1.29, 1.82) is 0 Å². The molecule has 5 heteroatoms. The maximum absolute atomic E-state index is 12.8. The zero-order valence-electron chi connectivity index (χ0n) is 13.2. The highest BCUT2D eigenvalue weighted by Gasteiger charge is 2.28. The van der Waals surface area contributed by atoms with E-state index < -0.39 is 0 Å². The molecule has 0 spiro atoms. The van der Waals surface area contributed by atoms with E-state index in [0.29, 0.717) is 22.5 Å². The number of carbonyl (C=O) groups is 1. The van der Waals surface area contributed by atoms with E-state index in [-0.39, 0.29) is 5.91 Å². The van der Waals surface area contributed by atoms with Crippen molar-refractivity contribution in [1.82, 2.24) is 9.80 Å². The Hall–Kier alpha value is -1.03. The average Bonchev–Trinajstić information content (AvgIpc) is 3.04. The number of rotatable bonds is 4. The zero-order valence-corrected chi connectivity index (χ0v) is 14.7. The summed E-state index contributed by atoms with van der Waals surface area (Å²) in [5.41, 5.74) is 0.927. The van der Waals surface area contributed by atoms with Gasteiger partial charge in [-0.2, -0.15) is 0 Å². The lowest BCUT2D eigenvalue weighted by Gasteiger charge is -2.38. The van der Waals surface area contributed by atoms with Crippen LogP contribution >= 0.6 is 23.2 Å². The summed E-state index contributed by atoms with van der Waals surface area (Å²) in [6, 6.07) is 5.77. The lowest BCUT2D eigenvalue weighted by molar-refractivity contribution is -0.134. The van der Waals surface area contributed by atoms with E-state index in [2.05, 4.69) is 22.0 Å². The highest BCUT2D eigenvalue weighted by Crippen LogP contribution is 2.24. The van der Waals surface area contributed by atoms with Gasteiger partial charge in [-0.15, -0.1) is 0 Å². The van der Waals surface area contributed by atoms with E-state index in [0.717, 1.165) is 44.6 Å². The molecule has 1 saturated heterocycles. The first-order valence-corrected chi connectivity index (χ1v) is 9.00. The SMILES string of the molecule is O=C(Cc1ccc(Cl)c(Cl)c1)N1CCCC[C@H]1CN1CC=CC1. The number of hydrogen-bond donors (Lipinski definition) is 0. The molecule has 23 heavy (non-hydrogen) atoms. The van der Waals surface area contributed by atoms with Crippen LogP contribution in [0.3, 0.4) is 0 Å². The number of halogens is 2. The van der Waals surface area contributed by atoms with E-state index in [1.165, 1.54) is 6.42 Å². The molecule has 0 saturated carbocycles. The molecule has 3 nitrogen and oxygen atoms in total. The van der Waals surface area contributed by atoms with Crippen LogP contribution < -0.4 is 0 Å². The van der Waals surface area contributed by atoms with Crippen molar-refractivity contribution in [3.63, 3.8) is 0 Å². The summed E-state index contributed by atoms with van der Waals surface area (Å²) in [6.07, 6.45) is 8.20. The van der Waals surface area contributed by atoms with Crippen molar-refractivity contribution in [2.24, 2.45) is 0 Å². The Labute approximate surface area is 147 Å². The van der Waals surface area contributed by atoms with Crippen LogP contribution in [0.2, 0.25) is 10.0 Å². The Balaban J connectivity index is 1.64. The van der Waals surface area contributed by atoms with Gasteiger partial charge in [-0.1, -0.05) is 41.4 Å². The second kappa shape index (κ2) is 7.69. The molecule has 3 rings (SSSR count). The maximum Gasteiger partial charge on any atom is 0.227 e. The molecule has 0 radical (unpaired) electrons. The summed E-state index contributed by atoms with van der Waals surface area (Å²) in [4.78, 5) is 17.2. The van der Waals surface area contributed by atoms with Gasteiger partial charge in [-0.3, -0.25) is 9.69 Å². The topological polar surface area (TPSA) is 23.6 Å². The van der Waals surface area contributed by atoms with Crippen LogP contribution in [-0.2, 0) is 11.2 Å². The molecule has 1 amide bonds. The van der Waals surface area contributed by atoms with Crippen LogP contribution in [0.1, 0.15) is 24.8 Å². The Morgan fingerprint density at radius 1 is 1.13 bits per heavy atom. The monoisotopic (exact) mass is 352 g/mol. The standard InChI is InChI=1S/C18H22Cl2N2O/c19-16-7-6-14(11-17(16)20)12-18(23)22-10-2-1-5-15(22)13-21-8-3-4-9-21/h3-4,6-7,11,15H,1-2,5,8-10,12-13H2/t15-/m0/s1. The van der Waals surface area contributed by atoms with Crippen molar-refractivity contribution in [2.45, 2.75) is 31.7 Å². The predicted octanol–water partition coefficient (Wildman–Crippen LogP) is 3.79. The fraction of sp³-hybridized carbons (Fsp3) is 0.500. The Morgan fingerprint density at radius 3 is 2.65 bits per heavy atom. The summed E-state index contributed by atoms with van der Waals surface area (Å²) >= 11 is 12.0. The Morgan fingerprint density at radius 2 is 1.91 bits per heavy atom. The number of carbonyl (C=O) groups excluding carboxylic acids is 1. The smallest absolute Gasteiger partial charge is 0.227 e. The van der Waals surface area contributed by atoms with Gasteiger partial charge < -0.3 is 4.90 Å². The van der Waals surface area contributed by atoms with Crippen LogP contribution in [0.5, 0.6) is 0 Å². The molecule has 0 bridgehead atoms. The highest BCUT2D eigenvalue weighted by atomic mass is 35.5. The summed E-state index contributed by atoms with van der Waals surface area (Å²) in [6.45, 7) is 3.85. The molecule has 1 fully saturated rings. The summed E-state index contributed by atoms with van der Waals surface area (Å²) in [7, 11) is 0. The average molecular weight is 353 g/mol.